The normalized spacial score (nSPS) is 12.5. The monoisotopic (exact) mass is 407 g/mol. The van der Waals surface area contributed by atoms with Crippen LogP contribution in [0.5, 0.6) is 0 Å². The average molecular weight is 408 g/mol. The summed E-state index contributed by atoms with van der Waals surface area (Å²) in [4.78, 5) is 0. The third kappa shape index (κ3) is 4.18. The third-order valence-electron chi connectivity index (χ3n) is 6.06. The summed E-state index contributed by atoms with van der Waals surface area (Å²) >= 11 is 0. The molecule has 2 nitrogen and oxygen atoms in total. The van der Waals surface area contributed by atoms with E-state index >= 15 is 0 Å². The largest absolute Gasteiger partial charge is 0.376 e. The molecule has 4 rings (SSSR count). The van der Waals surface area contributed by atoms with Crippen molar-refractivity contribution in [3.63, 3.8) is 0 Å². The fraction of sp³-hybridized carbons (Fsp3) is 0.172. The second-order valence-electron chi connectivity index (χ2n) is 8.45. The van der Waals surface area contributed by atoms with Gasteiger partial charge in [-0.25, -0.2) is 0 Å². The number of aryl methyl sites for hydroxylation is 3. The van der Waals surface area contributed by atoms with Crippen LogP contribution >= 0.6 is 0 Å². The fourth-order valence-electron chi connectivity index (χ4n) is 3.99. The van der Waals surface area contributed by atoms with E-state index in [0.29, 0.717) is 0 Å². The Bertz CT molecular complexity index is 1100. The highest BCUT2D eigenvalue weighted by Crippen LogP contribution is 2.37. The van der Waals surface area contributed by atoms with E-state index in [1.807, 2.05) is 72.8 Å². The maximum atomic E-state index is 12.1. The molecule has 0 saturated heterocycles. The van der Waals surface area contributed by atoms with Gasteiger partial charge >= 0.3 is 0 Å². The predicted molar refractivity (Wildman–Crippen MR) is 128 cm³/mol. The first kappa shape index (κ1) is 21.0. The van der Waals surface area contributed by atoms with Gasteiger partial charge in [-0.05, 0) is 48.6 Å². The Hall–Kier alpha value is -3.20. The van der Waals surface area contributed by atoms with Crippen LogP contribution in [0.15, 0.2) is 97.1 Å². The highest BCUT2D eigenvalue weighted by Gasteiger charge is 2.33. The zero-order chi connectivity index (χ0) is 22.0. The lowest BCUT2D eigenvalue weighted by Crippen LogP contribution is -2.29. The first-order valence-electron chi connectivity index (χ1n) is 10.7. The van der Waals surface area contributed by atoms with Crippen molar-refractivity contribution in [1.29, 1.82) is 0 Å². The Morgan fingerprint density at radius 3 is 1.13 bits per heavy atom. The number of nitrogens with two attached hydrogens (primary N) is 1. The van der Waals surface area contributed by atoms with Crippen LogP contribution in [0.3, 0.4) is 0 Å². The van der Waals surface area contributed by atoms with Gasteiger partial charge < -0.3 is 10.8 Å². The summed E-state index contributed by atoms with van der Waals surface area (Å²) in [5, 5.41) is 12.1. The summed E-state index contributed by atoms with van der Waals surface area (Å²) in [7, 11) is 0. The maximum Gasteiger partial charge on any atom is 0.140 e. The van der Waals surface area contributed by atoms with Gasteiger partial charge in [0, 0.05) is 0 Å². The van der Waals surface area contributed by atoms with Crippen LogP contribution in [-0.4, -0.2) is 5.11 Å². The maximum absolute atomic E-state index is 12.1. The van der Waals surface area contributed by atoms with E-state index in [2.05, 4.69) is 45.0 Å². The van der Waals surface area contributed by atoms with Crippen molar-refractivity contribution >= 4 is 0 Å². The Morgan fingerprint density at radius 2 is 0.774 bits per heavy atom. The molecule has 0 spiro atoms. The van der Waals surface area contributed by atoms with Crippen LogP contribution in [0.1, 0.15) is 50.5 Å². The SMILES string of the molecule is Cc1ccc(C(N)c2ccc(C(O)(c3ccc(C)cc3)c3ccc(C)cc3)cc2)cc1. The summed E-state index contributed by atoms with van der Waals surface area (Å²) in [6.45, 7) is 6.17. The molecule has 4 aromatic rings. The van der Waals surface area contributed by atoms with Gasteiger partial charge in [-0.1, -0.05) is 114 Å². The van der Waals surface area contributed by atoms with Crippen LogP contribution in [0, 0.1) is 20.8 Å². The van der Waals surface area contributed by atoms with E-state index in [-0.39, 0.29) is 6.04 Å². The quantitative estimate of drug-likeness (QED) is 0.402. The summed E-state index contributed by atoms with van der Waals surface area (Å²) in [6, 6.07) is 32.3. The third-order valence-corrected chi connectivity index (χ3v) is 6.06. The molecule has 156 valence electrons. The molecule has 0 bridgehead atoms. The number of rotatable bonds is 5. The molecule has 0 aromatic heterocycles. The van der Waals surface area contributed by atoms with Gasteiger partial charge in [-0.15, -0.1) is 0 Å². The number of hydrogen-bond acceptors (Lipinski definition) is 2. The van der Waals surface area contributed by atoms with E-state index in [0.717, 1.165) is 38.9 Å². The lowest BCUT2D eigenvalue weighted by atomic mass is 9.79. The van der Waals surface area contributed by atoms with Crippen molar-refractivity contribution in [2.24, 2.45) is 5.73 Å². The number of hydrogen-bond donors (Lipinski definition) is 2. The lowest BCUT2D eigenvalue weighted by molar-refractivity contribution is 0.125. The standard InChI is InChI=1S/C29H29NO/c1-20-4-10-23(11-5-20)28(30)24-12-18-27(19-13-24)29(31,25-14-6-21(2)7-15-25)26-16-8-22(3)9-17-26/h4-19,28,31H,30H2,1-3H3. The van der Waals surface area contributed by atoms with Crippen LogP contribution in [0.2, 0.25) is 0 Å². The summed E-state index contributed by atoms with van der Waals surface area (Å²) < 4.78 is 0. The van der Waals surface area contributed by atoms with Crippen LogP contribution < -0.4 is 5.73 Å². The predicted octanol–water partition coefficient (Wildman–Crippen LogP) is 5.94. The second-order valence-corrected chi connectivity index (χ2v) is 8.45. The molecule has 0 radical (unpaired) electrons. The van der Waals surface area contributed by atoms with E-state index in [1.54, 1.807) is 0 Å². The minimum Gasteiger partial charge on any atom is -0.376 e. The molecule has 3 N–H and O–H groups in total. The highest BCUT2D eigenvalue weighted by atomic mass is 16.3. The van der Waals surface area contributed by atoms with Gasteiger partial charge in [0.15, 0.2) is 0 Å². The minimum atomic E-state index is -1.24. The summed E-state index contributed by atoms with van der Waals surface area (Å²) in [5.41, 5.74) is 13.4. The van der Waals surface area contributed by atoms with Crippen LogP contribution in [0.25, 0.3) is 0 Å². The Kier molecular flexibility index (Phi) is 5.77. The van der Waals surface area contributed by atoms with Gasteiger partial charge in [0.05, 0.1) is 6.04 Å². The van der Waals surface area contributed by atoms with Gasteiger partial charge in [0.2, 0.25) is 0 Å². The molecular weight excluding hydrogens is 378 g/mol. The highest BCUT2D eigenvalue weighted by molar-refractivity contribution is 5.49. The molecule has 0 aliphatic rings. The zero-order valence-electron chi connectivity index (χ0n) is 18.3. The molecule has 0 saturated carbocycles. The molecule has 31 heavy (non-hydrogen) atoms. The van der Waals surface area contributed by atoms with Crippen molar-refractivity contribution in [3.05, 3.63) is 142 Å². The van der Waals surface area contributed by atoms with E-state index in [9.17, 15) is 5.11 Å². The van der Waals surface area contributed by atoms with Crippen molar-refractivity contribution in [2.75, 3.05) is 0 Å². The van der Waals surface area contributed by atoms with Crippen molar-refractivity contribution in [3.8, 4) is 0 Å². The van der Waals surface area contributed by atoms with Gasteiger partial charge in [0.1, 0.15) is 5.60 Å². The zero-order valence-corrected chi connectivity index (χ0v) is 18.3. The lowest BCUT2D eigenvalue weighted by Gasteiger charge is -2.31. The van der Waals surface area contributed by atoms with Gasteiger partial charge in [-0.2, -0.15) is 0 Å². The first-order valence-corrected chi connectivity index (χ1v) is 10.7. The molecule has 0 amide bonds. The van der Waals surface area contributed by atoms with Crippen LogP contribution in [-0.2, 0) is 5.60 Å². The van der Waals surface area contributed by atoms with Crippen molar-refractivity contribution in [2.45, 2.75) is 32.4 Å². The van der Waals surface area contributed by atoms with E-state index in [4.69, 9.17) is 5.73 Å². The topological polar surface area (TPSA) is 46.2 Å². The molecular formula is C29H29NO. The second kappa shape index (κ2) is 8.50. The van der Waals surface area contributed by atoms with Gasteiger partial charge in [-0.3, -0.25) is 0 Å². The molecule has 4 aromatic carbocycles. The molecule has 0 aliphatic heterocycles. The Morgan fingerprint density at radius 1 is 0.516 bits per heavy atom. The van der Waals surface area contributed by atoms with E-state index in [1.165, 1.54) is 5.56 Å². The van der Waals surface area contributed by atoms with E-state index < -0.39 is 5.60 Å². The molecule has 0 aliphatic carbocycles. The number of benzene rings is 4. The average Bonchev–Trinajstić information content (AvgIpc) is 2.80. The fourth-order valence-corrected chi connectivity index (χ4v) is 3.99. The van der Waals surface area contributed by atoms with Crippen LogP contribution in [0.4, 0.5) is 0 Å². The molecule has 1 atom stereocenters. The molecule has 0 fully saturated rings. The van der Waals surface area contributed by atoms with Gasteiger partial charge in [0.25, 0.3) is 0 Å². The minimum absolute atomic E-state index is 0.207. The molecule has 2 heteroatoms. The van der Waals surface area contributed by atoms with Crippen molar-refractivity contribution in [1.82, 2.24) is 0 Å². The number of aliphatic hydroxyl groups is 1. The molecule has 1 unspecified atom stereocenters. The van der Waals surface area contributed by atoms with Crippen molar-refractivity contribution < 1.29 is 5.11 Å². The Balaban J connectivity index is 1.76. The molecule has 0 heterocycles. The first-order chi connectivity index (χ1) is 14.9. The summed E-state index contributed by atoms with van der Waals surface area (Å²) in [5.74, 6) is 0. The summed E-state index contributed by atoms with van der Waals surface area (Å²) in [6.07, 6.45) is 0. The Labute approximate surface area is 185 Å². The smallest absolute Gasteiger partial charge is 0.140 e.